The molecule has 0 bridgehead atoms. The van der Waals surface area contributed by atoms with Crippen molar-refractivity contribution in [1.29, 1.82) is 0 Å². The van der Waals surface area contributed by atoms with Gasteiger partial charge in [0, 0.05) is 25.4 Å². The number of methoxy groups -OCH3 is 1. The molecule has 0 aromatic heterocycles. The second kappa shape index (κ2) is 9.23. The number of aryl methyl sites for hydroxylation is 1. The normalized spacial score (nSPS) is 10.3. The topological polar surface area (TPSA) is 61.8 Å². The van der Waals surface area contributed by atoms with Gasteiger partial charge < -0.3 is 20.1 Å². The molecule has 0 saturated carbocycles. The molecular formula is C16H26N2O3. The molecule has 0 atom stereocenters. The maximum Gasteiger partial charge on any atom is 0.321 e. The van der Waals surface area contributed by atoms with Gasteiger partial charge in [-0.1, -0.05) is 13.3 Å². The van der Waals surface area contributed by atoms with E-state index < -0.39 is 0 Å². The van der Waals surface area contributed by atoms with Crippen LogP contribution in [-0.2, 0) is 0 Å². The number of hydrogen-bond donors (Lipinski definition) is 2. The Balaban J connectivity index is 2.70. The molecule has 0 aliphatic rings. The highest BCUT2D eigenvalue weighted by Gasteiger charge is 2.13. The number of urea groups is 1. The minimum atomic E-state index is -0.120. The highest BCUT2D eigenvalue weighted by molar-refractivity contribution is 5.90. The van der Waals surface area contributed by atoms with Crippen LogP contribution in [0.4, 0.5) is 10.5 Å². The zero-order valence-electron chi connectivity index (χ0n) is 13.2. The minimum Gasteiger partial charge on any atom is -0.497 e. The van der Waals surface area contributed by atoms with Gasteiger partial charge in [-0.05, 0) is 43.5 Å². The number of aliphatic hydroxyl groups is 1. The van der Waals surface area contributed by atoms with Crippen molar-refractivity contribution in [1.82, 2.24) is 4.90 Å². The highest BCUT2D eigenvalue weighted by Crippen LogP contribution is 2.21. The number of anilines is 1. The third-order valence-corrected chi connectivity index (χ3v) is 3.33. The molecule has 0 spiro atoms. The Morgan fingerprint density at radius 1 is 1.33 bits per heavy atom. The van der Waals surface area contributed by atoms with Crippen molar-refractivity contribution in [3.63, 3.8) is 0 Å². The van der Waals surface area contributed by atoms with Crippen LogP contribution >= 0.6 is 0 Å². The summed E-state index contributed by atoms with van der Waals surface area (Å²) < 4.78 is 5.16. The van der Waals surface area contributed by atoms with E-state index in [1.165, 1.54) is 0 Å². The van der Waals surface area contributed by atoms with Gasteiger partial charge in [0.1, 0.15) is 5.75 Å². The standard InChI is InChI=1S/C16H26N2O3/c1-4-5-9-18(10-6-11-19)16(20)17-15-8-7-14(21-3)12-13(15)2/h7-8,12,19H,4-6,9-11H2,1-3H3,(H,17,20). The molecule has 0 unspecified atom stereocenters. The molecule has 0 aliphatic carbocycles. The summed E-state index contributed by atoms with van der Waals surface area (Å²) in [6, 6.07) is 5.44. The Morgan fingerprint density at radius 2 is 2.05 bits per heavy atom. The fourth-order valence-corrected chi connectivity index (χ4v) is 2.02. The third-order valence-electron chi connectivity index (χ3n) is 3.33. The molecule has 2 N–H and O–H groups in total. The summed E-state index contributed by atoms with van der Waals surface area (Å²) in [4.78, 5) is 14.1. The van der Waals surface area contributed by atoms with Gasteiger partial charge in [0.05, 0.1) is 7.11 Å². The quantitative estimate of drug-likeness (QED) is 0.774. The van der Waals surface area contributed by atoms with Crippen LogP contribution < -0.4 is 10.1 Å². The van der Waals surface area contributed by atoms with E-state index in [2.05, 4.69) is 12.2 Å². The Bertz CT molecular complexity index is 441. The molecule has 21 heavy (non-hydrogen) atoms. The first-order chi connectivity index (χ1) is 10.1. The zero-order chi connectivity index (χ0) is 15.7. The van der Waals surface area contributed by atoms with Crippen LogP contribution in [0.25, 0.3) is 0 Å². The van der Waals surface area contributed by atoms with Gasteiger partial charge in [-0.25, -0.2) is 4.79 Å². The molecule has 118 valence electrons. The number of carbonyl (C=O) groups excluding carboxylic acids is 1. The lowest BCUT2D eigenvalue weighted by Crippen LogP contribution is -2.37. The number of amides is 2. The molecule has 5 nitrogen and oxygen atoms in total. The van der Waals surface area contributed by atoms with E-state index in [0.717, 1.165) is 29.8 Å². The number of hydrogen-bond acceptors (Lipinski definition) is 3. The molecule has 0 saturated heterocycles. The van der Waals surface area contributed by atoms with Gasteiger partial charge in [-0.3, -0.25) is 0 Å². The van der Waals surface area contributed by atoms with E-state index in [4.69, 9.17) is 9.84 Å². The Labute approximate surface area is 126 Å². The first-order valence-corrected chi connectivity index (χ1v) is 7.43. The van der Waals surface area contributed by atoms with E-state index in [0.29, 0.717) is 19.5 Å². The fourth-order valence-electron chi connectivity index (χ4n) is 2.02. The van der Waals surface area contributed by atoms with Gasteiger partial charge in [0.25, 0.3) is 0 Å². The van der Waals surface area contributed by atoms with Crippen LogP contribution in [-0.4, -0.2) is 42.8 Å². The van der Waals surface area contributed by atoms with Crippen molar-refractivity contribution in [2.24, 2.45) is 0 Å². The monoisotopic (exact) mass is 294 g/mol. The predicted octanol–water partition coefficient (Wildman–Crippen LogP) is 3.02. The maximum absolute atomic E-state index is 12.3. The second-order valence-electron chi connectivity index (χ2n) is 5.03. The maximum atomic E-state index is 12.3. The molecule has 1 rings (SSSR count). The van der Waals surface area contributed by atoms with E-state index >= 15 is 0 Å². The largest absolute Gasteiger partial charge is 0.497 e. The second-order valence-corrected chi connectivity index (χ2v) is 5.03. The SMILES string of the molecule is CCCCN(CCCO)C(=O)Nc1ccc(OC)cc1C. The number of carbonyl (C=O) groups is 1. The number of benzene rings is 1. The average molecular weight is 294 g/mol. The van der Waals surface area contributed by atoms with Gasteiger partial charge in [0.2, 0.25) is 0 Å². The Morgan fingerprint density at radius 3 is 2.62 bits per heavy atom. The van der Waals surface area contributed by atoms with Crippen LogP contribution in [0.2, 0.25) is 0 Å². The van der Waals surface area contributed by atoms with Crippen LogP contribution in [0.5, 0.6) is 5.75 Å². The fraction of sp³-hybridized carbons (Fsp3) is 0.562. The first-order valence-electron chi connectivity index (χ1n) is 7.43. The third kappa shape index (κ3) is 5.63. The van der Waals surface area contributed by atoms with Crippen molar-refractivity contribution in [2.75, 3.05) is 32.1 Å². The molecule has 2 amide bonds. The summed E-state index contributed by atoms with van der Waals surface area (Å²) in [6.45, 7) is 5.39. The lowest BCUT2D eigenvalue weighted by atomic mass is 10.2. The molecule has 0 radical (unpaired) electrons. The Kier molecular flexibility index (Phi) is 7.61. The van der Waals surface area contributed by atoms with E-state index in [1.807, 2.05) is 25.1 Å². The van der Waals surface area contributed by atoms with E-state index in [-0.39, 0.29) is 12.6 Å². The Hall–Kier alpha value is -1.75. The van der Waals surface area contributed by atoms with Gasteiger partial charge >= 0.3 is 6.03 Å². The zero-order valence-corrected chi connectivity index (χ0v) is 13.2. The van der Waals surface area contributed by atoms with Crippen molar-refractivity contribution >= 4 is 11.7 Å². The number of ether oxygens (including phenoxy) is 1. The molecule has 0 fully saturated rings. The van der Waals surface area contributed by atoms with Crippen molar-refractivity contribution in [2.45, 2.75) is 33.1 Å². The minimum absolute atomic E-state index is 0.0947. The summed E-state index contributed by atoms with van der Waals surface area (Å²) in [7, 11) is 1.62. The lowest BCUT2D eigenvalue weighted by Gasteiger charge is -2.23. The predicted molar refractivity (Wildman–Crippen MR) is 84.9 cm³/mol. The van der Waals surface area contributed by atoms with Crippen LogP contribution in [0.1, 0.15) is 31.7 Å². The number of nitrogens with one attached hydrogen (secondary N) is 1. The lowest BCUT2D eigenvalue weighted by molar-refractivity contribution is 0.201. The summed E-state index contributed by atoms with van der Waals surface area (Å²) in [5.74, 6) is 0.772. The summed E-state index contributed by atoms with van der Waals surface area (Å²) in [5, 5.41) is 11.9. The number of aliphatic hydroxyl groups excluding tert-OH is 1. The molecule has 1 aromatic rings. The van der Waals surface area contributed by atoms with Gasteiger partial charge in [0.15, 0.2) is 0 Å². The van der Waals surface area contributed by atoms with Crippen LogP contribution in [0.3, 0.4) is 0 Å². The van der Waals surface area contributed by atoms with Crippen molar-refractivity contribution < 1.29 is 14.6 Å². The van der Waals surface area contributed by atoms with Crippen molar-refractivity contribution in [3.05, 3.63) is 23.8 Å². The molecule has 1 aromatic carbocycles. The van der Waals surface area contributed by atoms with Gasteiger partial charge in [-0.15, -0.1) is 0 Å². The van der Waals surface area contributed by atoms with E-state index in [9.17, 15) is 4.79 Å². The van der Waals surface area contributed by atoms with E-state index in [1.54, 1.807) is 12.0 Å². The number of nitrogens with zero attached hydrogens (tertiary/aromatic N) is 1. The summed E-state index contributed by atoms with van der Waals surface area (Å²) >= 11 is 0. The van der Waals surface area contributed by atoms with Gasteiger partial charge in [-0.2, -0.15) is 0 Å². The highest BCUT2D eigenvalue weighted by atomic mass is 16.5. The molecular weight excluding hydrogens is 268 g/mol. The van der Waals surface area contributed by atoms with Crippen molar-refractivity contribution in [3.8, 4) is 5.75 Å². The molecule has 0 aliphatic heterocycles. The van der Waals surface area contributed by atoms with Crippen LogP contribution in [0.15, 0.2) is 18.2 Å². The molecule has 0 heterocycles. The average Bonchev–Trinajstić information content (AvgIpc) is 2.49. The smallest absolute Gasteiger partial charge is 0.321 e. The first kappa shape index (κ1) is 17.3. The molecule has 5 heteroatoms. The summed E-state index contributed by atoms with van der Waals surface area (Å²) in [5.41, 5.74) is 1.74. The van der Waals surface area contributed by atoms with Crippen LogP contribution in [0, 0.1) is 6.92 Å². The number of unbranched alkanes of at least 4 members (excludes halogenated alkanes) is 1. The number of rotatable bonds is 8. The summed E-state index contributed by atoms with van der Waals surface area (Å²) in [6.07, 6.45) is 2.59.